The fourth-order valence-electron chi connectivity index (χ4n) is 1.61. The molecule has 1 rings (SSSR count). The van der Waals surface area contributed by atoms with E-state index in [-0.39, 0.29) is 5.41 Å². The number of ether oxygens (including phenoxy) is 1. The zero-order chi connectivity index (χ0) is 13.6. The number of nitrogens with zero attached hydrogens (tertiary/aromatic N) is 1. The van der Waals surface area contributed by atoms with Gasteiger partial charge in [0.05, 0.1) is 18.1 Å². The molecule has 0 aromatic heterocycles. The van der Waals surface area contributed by atoms with Gasteiger partial charge in [-0.2, -0.15) is 5.26 Å². The largest absolute Gasteiger partial charge is 0.494 e. The van der Waals surface area contributed by atoms with Gasteiger partial charge < -0.3 is 4.74 Å². The molecule has 18 heavy (non-hydrogen) atoms. The van der Waals surface area contributed by atoms with E-state index in [1.807, 2.05) is 26.0 Å². The Morgan fingerprint density at radius 1 is 1.28 bits per heavy atom. The van der Waals surface area contributed by atoms with Crippen molar-refractivity contribution in [2.24, 2.45) is 5.41 Å². The van der Waals surface area contributed by atoms with Gasteiger partial charge >= 0.3 is 0 Å². The van der Waals surface area contributed by atoms with Crippen molar-refractivity contribution < 1.29 is 4.74 Å². The lowest BCUT2D eigenvalue weighted by Gasteiger charge is -2.15. The molecule has 2 heteroatoms. The fraction of sp³-hybridized carbons (Fsp3) is 0.562. The highest BCUT2D eigenvalue weighted by atomic mass is 16.5. The van der Waals surface area contributed by atoms with Crippen LogP contribution in [-0.2, 0) is 0 Å². The molecule has 0 aliphatic heterocycles. The Morgan fingerprint density at radius 2 is 1.89 bits per heavy atom. The molecule has 1 aromatic rings. The zero-order valence-electron chi connectivity index (χ0n) is 11.9. The van der Waals surface area contributed by atoms with Crippen LogP contribution in [0.4, 0.5) is 0 Å². The van der Waals surface area contributed by atoms with Gasteiger partial charge in [0.15, 0.2) is 0 Å². The first kappa shape index (κ1) is 14.6. The van der Waals surface area contributed by atoms with Gasteiger partial charge in [-0.25, -0.2) is 0 Å². The molecule has 0 spiro atoms. The van der Waals surface area contributed by atoms with Crippen LogP contribution in [0.15, 0.2) is 24.3 Å². The minimum Gasteiger partial charge on any atom is -0.494 e. The van der Waals surface area contributed by atoms with E-state index in [1.54, 1.807) is 0 Å². The van der Waals surface area contributed by atoms with Gasteiger partial charge in [-0.05, 0) is 50.3 Å². The van der Waals surface area contributed by atoms with E-state index in [0.29, 0.717) is 12.5 Å². The molecule has 0 fully saturated rings. The van der Waals surface area contributed by atoms with Crippen molar-refractivity contribution in [3.05, 3.63) is 29.8 Å². The average Bonchev–Trinajstić information content (AvgIpc) is 2.38. The van der Waals surface area contributed by atoms with E-state index < -0.39 is 0 Å². The van der Waals surface area contributed by atoms with Crippen LogP contribution >= 0.6 is 0 Å². The van der Waals surface area contributed by atoms with Crippen LogP contribution in [0, 0.1) is 16.7 Å². The number of hydrogen-bond acceptors (Lipinski definition) is 2. The standard InChI is InChI=1S/C16H23NO/c1-5-13(2)14-6-8-15(9-7-14)18-11-10-16(3,4)12-17/h6-9,13H,5,10-11H2,1-4H3. The van der Waals surface area contributed by atoms with Crippen molar-refractivity contribution in [1.82, 2.24) is 0 Å². The summed E-state index contributed by atoms with van der Waals surface area (Å²) in [5.74, 6) is 1.48. The van der Waals surface area contributed by atoms with Crippen LogP contribution in [0.25, 0.3) is 0 Å². The van der Waals surface area contributed by atoms with Crippen molar-refractivity contribution in [3.8, 4) is 11.8 Å². The molecule has 0 aliphatic rings. The Bertz CT molecular complexity index is 400. The second kappa shape index (κ2) is 6.44. The lowest BCUT2D eigenvalue weighted by atomic mass is 9.92. The van der Waals surface area contributed by atoms with Gasteiger partial charge in [-0.15, -0.1) is 0 Å². The van der Waals surface area contributed by atoms with E-state index in [1.165, 1.54) is 5.56 Å². The fourth-order valence-corrected chi connectivity index (χ4v) is 1.61. The second-order valence-electron chi connectivity index (χ2n) is 5.47. The first-order chi connectivity index (χ1) is 8.48. The first-order valence-electron chi connectivity index (χ1n) is 6.62. The molecule has 0 heterocycles. The highest BCUT2D eigenvalue weighted by molar-refractivity contribution is 5.29. The highest BCUT2D eigenvalue weighted by Gasteiger charge is 2.16. The molecule has 0 bridgehead atoms. The summed E-state index contributed by atoms with van der Waals surface area (Å²) in [6.07, 6.45) is 1.90. The third-order valence-electron chi connectivity index (χ3n) is 3.36. The lowest BCUT2D eigenvalue weighted by Crippen LogP contribution is -2.13. The molecule has 1 atom stereocenters. The average molecular weight is 245 g/mol. The summed E-state index contributed by atoms with van der Waals surface area (Å²) in [6, 6.07) is 10.6. The summed E-state index contributed by atoms with van der Waals surface area (Å²) in [5.41, 5.74) is 1.04. The third kappa shape index (κ3) is 4.41. The topological polar surface area (TPSA) is 33.0 Å². The molecule has 2 nitrogen and oxygen atoms in total. The maximum atomic E-state index is 8.91. The summed E-state index contributed by atoms with van der Waals surface area (Å²) in [5, 5.41) is 8.91. The van der Waals surface area contributed by atoms with Crippen molar-refractivity contribution in [2.45, 2.75) is 46.5 Å². The Morgan fingerprint density at radius 3 is 2.39 bits per heavy atom. The summed E-state index contributed by atoms with van der Waals surface area (Å²) in [6.45, 7) is 8.87. The molecule has 98 valence electrons. The quantitative estimate of drug-likeness (QED) is 0.738. The van der Waals surface area contributed by atoms with Crippen molar-refractivity contribution in [2.75, 3.05) is 6.61 Å². The Hall–Kier alpha value is -1.49. The number of nitriles is 1. The normalized spacial score (nSPS) is 12.8. The summed E-state index contributed by atoms with van der Waals surface area (Å²) in [4.78, 5) is 0. The highest BCUT2D eigenvalue weighted by Crippen LogP contribution is 2.23. The van der Waals surface area contributed by atoms with Crippen LogP contribution in [0.1, 0.15) is 52.0 Å². The Balaban J connectivity index is 2.48. The summed E-state index contributed by atoms with van der Waals surface area (Å²) >= 11 is 0. The third-order valence-corrected chi connectivity index (χ3v) is 3.36. The number of benzene rings is 1. The number of rotatable bonds is 6. The van der Waals surface area contributed by atoms with E-state index in [2.05, 4.69) is 32.0 Å². The molecule has 1 aromatic carbocycles. The summed E-state index contributed by atoms with van der Waals surface area (Å²) < 4.78 is 5.66. The van der Waals surface area contributed by atoms with Crippen LogP contribution < -0.4 is 4.74 Å². The lowest BCUT2D eigenvalue weighted by molar-refractivity contribution is 0.264. The van der Waals surface area contributed by atoms with E-state index in [9.17, 15) is 0 Å². The SMILES string of the molecule is CCC(C)c1ccc(OCCC(C)(C)C#N)cc1. The molecule has 0 saturated heterocycles. The smallest absolute Gasteiger partial charge is 0.119 e. The van der Waals surface area contributed by atoms with Crippen molar-refractivity contribution >= 4 is 0 Å². The minimum absolute atomic E-state index is 0.309. The van der Waals surface area contributed by atoms with Gasteiger partial charge in [-0.1, -0.05) is 26.0 Å². The summed E-state index contributed by atoms with van der Waals surface area (Å²) in [7, 11) is 0. The van der Waals surface area contributed by atoms with Crippen LogP contribution in [0.3, 0.4) is 0 Å². The molecule has 0 aliphatic carbocycles. The Labute approximate surface area is 111 Å². The maximum Gasteiger partial charge on any atom is 0.119 e. The molecule has 0 saturated carbocycles. The van der Waals surface area contributed by atoms with Crippen LogP contribution in [0.5, 0.6) is 5.75 Å². The van der Waals surface area contributed by atoms with Gasteiger partial charge in [0.2, 0.25) is 0 Å². The van der Waals surface area contributed by atoms with E-state index >= 15 is 0 Å². The predicted molar refractivity (Wildman–Crippen MR) is 74.7 cm³/mol. The van der Waals surface area contributed by atoms with Crippen molar-refractivity contribution in [1.29, 1.82) is 5.26 Å². The van der Waals surface area contributed by atoms with Gasteiger partial charge in [0, 0.05) is 0 Å². The van der Waals surface area contributed by atoms with Gasteiger partial charge in [-0.3, -0.25) is 0 Å². The van der Waals surface area contributed by atoms with Crippen molar-refractivity contribution in [3.63, 3.8) is 0 Å². The van der Waals surface area contributed by atoms with Gasteiger partial charge in [0.1, 0.15) is 5.75 Å². The predicted octanol–water partition coefficient (Wildman–Crippen LogP) is 4.52. The second-order valence-corrected chi connectivity index (χ2v) is 5.47. The first-order valence-corrected chi connectivity index (χ1v) is 6.62. The van der Waals surface area contributed by atoms with Gasteiger partial charge in [0.25, 0.3) is 0 Å². The molecule has 0 amide bonds. The monoisotopic (exact) mass is 245 g/mol. The Kier molecular flexibility index (Phi) is 5.22. The minimum atomic E-state index is -0.309. The molecule has 0 N–H and O–H groups in total. The molecular weight excluding hydrogens is 222 g/mol. The van der Waals surface area contributed by atoms with Crippen LogP contribution in [0.2, 0.25) is 0 Å². The molecule has 0 radical (unpaired) electrons. The van der Waals surface area contributed by atoms with Crippen LogP contribution in [-0.4, -0.2) is 6.61 Å². The van der Waals surface area contributed by atoms with E-state index in [4.69, 9.17) is 10.00 Å². The molecule has 1 unspecified atom stereocenters. The zero-order valence-corrected chi connectivity index (χ0v) is 11.9. The maximum absolute atomic E-state index is 8.91. The van der Waals surface area contributed by atoms with E-state index in [0.717, 1.165) is 18.6 Å². The molecular formula is C16H23NO. The number of hydrogen-bond donors (Lipinski definition) is 0.